The van der Waals surface area contributed by atoms with Gasteiger partial charge in [-0.1, -0.05) is 12.1 Å². The molecule has 0 bridgehead atoms. The quantitative estimate of drug-likeness (QED) is 0.739. The third kappa shape index (κ3) is 5.68. The van der Waals surface area contributed by atoms with Gasteiger partial charge in [-0.05, 0) is 31.7 Å². The Kier molecular flexibility index (Phi) is 5.97. The van der Waals surface area contributed by atoms with Crippen LogP contribution >= 0.6 is 0 Å². The molecule has 0 aliphatic heterocycles. The number of ether oxygens (including phenoxy) is 1. The fourth-order valence-corrected chi connectivity index (χ4v) is 1.58. The van der Waals surface area contributed by atoms with Crippen molar-refractivity contribution in [2.75, 3.05) is 26.7 Å². The number of rotatable bonds is 7. The minimum absolute atomic E-state index is 0.302. The van der Waals surface area contributed by atoms with Gasteiger partial charge in [0.15, 0.2) is 0 Å². The van der Waals surface area contributed by atoms with Crippen LogP contribution in [0, 0.1) is 0 Å². The van der Waals surface area contributed by atoms with Crippen LogP contribution in [0.1, 0.15) is 12.5 Å². The summed E-state index contributed by atoms with van der Waals surface area (Å²) >= 11 is 0. The molecular formula is C13H22N2O2. The minimum Gasteiger partial charge on any atom is -0.492 e. The van der Waals surface area contributed by atoms with Gasteiger partial charge in [-0.25, -0.2) is 0 Å². The van der Waals surface area contributed by atoms with Crippen LogP contribution in [0.4, 0.5) is 0 Å². The highest BCUT2D eigenvalue weighted by Gasteiger charge is 2.02. The largest absolute Gasteiger partial charge is 0.492 e. The summed E-state index contributed by atoms with van der Waals surface area (Å²) in [6.07, 6.45) is -0.302. The molecule has 0 amide bonds. The normalized spacial score (nSPS) is 12.8. The summed E-state index contributed by atoms with van der Waals surface area (Å²) in [5.74, 6) is 0.854. The van der Waals surface area contributed by atoms with E-state index >= 15 is 0 Å². The number of benzene rings is 1. The van der Waals surface area contributed by atoms with E-state index in [-0.39, 0.29) is 6.10 Å². The zero-order valence-corrected chi connectivity index (χ0v) is 10.6. The molecule has 3 N–H and O–H groups in total. The first-order chi connectivity index (χ1) is 8.11. The molecular weight excluding hydrogens is 216 g/mol. The van der Waals surface area contributed by atoms with E-state index in [9.17, 15) is 5.11 Å². The third-order valence-electron chi connectivity index (χ3n) is 2.48. The van der Waals surface area contributed by atoms with Gasteiger partial charge < -0.3 is 20.5 Å². The summed E-state index contributed by atoms with van der Waals surface area (Å²) < 4.78 is 5.59. The molecule has 96 valence electrons. The first kappa shape index (κ1) is 14.0. The Bertz CT molecular complexity index is 312. The summed E-state index contributed by atoms with van der Waals surface area (Å²) in [7, 11) is 1.97. The lowest BCUT2D eigenvalue weighted by Gasteiger charge is -2.18. The van der Waals surface area contributed by atoms with Gasteiger partial charge in [0.25, 0.3) is 0 Å². The highest BCUT2D eigenvalue weighted by molar-refractivity contribution is 5.27. The van der Waals surface area contributed by atoms with E-state index in [1.54, 1.807) is 6.92 Å². The van der Waals surface area contributed by atoms with Gasteiger partial charge in [0.2, 0.25) is 0 Å². The van der Waals surface area contributed by atoms with Crippen molar-refractivity contribution in [2.45, 2.75) is 19.6 Å². The molecule has 0 fully saturated rings. The number of hydrogen-bond donors (Lipinski definition) is 2. The Labute approximate surface area is 103 Å². The van der Waals surface area contributed by atoms with Crippen molar-refractivity contribution < 1.29 is 9.84 Å². The number of likely N-dealkylation sites (N-methyl/N-ethyl adjacent to an activating group) is 1. The molecule has 0 heterocycles. The molecule has 1 atom stereocenters. The topological polar surface area (TPSA) is 58.7 Å². The fraction of sp³-hybridized carbons (Fsp3) is 0.538. The molecule has 0 spiro atoms. The van der Waals surface area contributed by atoms with Crippen molar-refractivity contribution in [3.63, 3.8) is 0 Å². The van der Waals surface area contributed by atoms with Crippen molar-refractivity contribution in [2.24, 2.45) is 5.73 Å². The molecule has 4 heteroatoms. The molecule has 0 aliphatic rings. The third-order valence-corrected chi connectivity index (χ3v) is 2.48. The zero-order valence-electron chi connectivity index (χ0n) is 10.6. The summed E-state index contributed by atoms with van der Waals surface area (Å²) in [5.41, 5.74) is 6.62. The van der Waals surface area contributed by atoms with Gasteiger partial charge in [0.1, 0.15) is 12.4 Å². The van der Waals surface area contributed by atoms with Crippen LogP contribution in [0.2, 0.25) is 0 Å². The summed E-state index contributed by atoms with van der Waals surface area (Å²) in [5, 5.41) is 9.20. The number of nitrogens with zero attached hydrogens (tertiary/aromatic N) is 1. The fourth-order valence-electron chi connectivity index (χ4n) is 1.58. The second-order valence-electron chi connectivity index (χ2n) is 4.31. The maximum Gasteiger partial charge on any atom is 0.119 e. The molecule has 4 nitrogen and oxygen atoms in total. The Balaban J connectivity index is 2.25. The van der Waals surface area contributed by atoms with Gasteiger partial charge in [-0.15, -0.1) is 0 Å². The predicted molar refractivity (Wildman–Crippen MR) is 69.0 cm³/mol. The maximum absolute atomic E-state index is 9.20. The van der Waals surface area contributed by atoms with Gasteiger partial charge in [-0.2, -0.15) is 0 Å². The molecule has 1 unspecified atom stereocenters. The molecule has 0 saturated carbocycles. The van der Waals surface area contributed by atoms with Gasteiger partial charge in [0, 0.05) is 19.6 Å². The van der Waals surface area contributed by atoms with E-state index < -0.39 is 0 Å². The molecule has 0 saturated heterocycles. The van der Waals surface area contributed by atoms with Crippen molar-refractivity contribution in [1.29, 1.82) is 0 Å². The SMILES string of the molecule is CC(O)CN(C)CCOc1ccc(CN)cc1. The molecule has 17 heavy (non-hydrogen) atoms. The second kappa shape index (κ2) is 7.27. The van der Waals surface area contributed by atoms with Crippen LogP contribution < -0.4 is 10.5 Å². The van der Waals surface area contributed by atoms with Crippen LogP contribution in [-0.2, 0) is 6.54 Å². The number of aliphatic hydroxyl groups is 1. The van der Waals surface area contributed by atoms with Crippen molar-refractivity contribution >= 4 is 0 Å². The second-order valence-corrected chi connectivity index (χ2v) is 4.31. The zero-order chi connectivity index (χ0) is 12.7. The Morgan fingerprint density at radius 2 is 2.00 bits per heavy atom. The van der Waals surface area contributed by atoms with E-state index in [1.807, 2.05) is 36.2 Å². The van der Waals surface area contributed by atoms with Crippen LogP contribution in [0.3, 0.4) is 0 Å². The molecule has 1 rings (SSSR count). The minimum atomic E-state index is -0.302. The number of hydrogen-bond acceptors (Lipinski definition) is 4. The van der Waals surface area contributed by atoms with Gasteiger partial charge in [0.05, 0.1) is 6.10 Å². The van der Waals surface area contributed by atoms with Gasteiger partial charge in [-0.3, -0.25) is 0 Å². The maximum atomic E-state index is 9.20. The lowest BCUT2D eigenvalue weighted by Crippen LogP contribution is -2.30. The monoisotopic (exact) mass is 238 g/mol. The smallest absolute Gasteiger partial charge is 0.119 e. The van der Waals surface area contributed by atoms with Crippen LogP contribution in [0.25, 0.3) is 0 Å². The lowest BCUT2D eigenvalue weighted by molar-refractivity contribution is 0.131. The summed E-state index contributed by atoms with van der Waals surface area (Å²) in [6.45, 7) is 4.41. The summed E-state index contributed by atoms with van der Waals surface area (Å²) in [6, 6.07) is 7.79. The highest BCUT2D eigenvalue weighted by Crippen LogP contribution is 2.11. The molecule has 0 aliphatic carbocycles. The van der Waals surface area contributed by atoms with Crippen molar-refractivity contribution in [1.82, 2.24) is 4.90 Å². The Morgan fingerprint density at radius 1 is 1.35 bits per heavy atom. The van der Waals surface area contributed by atoms with Crippen LogP contribution in [-0.4, -0.2) is 42.9 Å². The predicted octanol–water partition coefficient (Wildman–Crippen LogP) is 0.837. The summed E-state index contributed by atoms with van der Waals surface area (Å²) in [4.78, 5) is 2.04. The molecule has 0 radical (unpaired) electrons. The average molecular weight is 238 g/mol. The van der Waals surface area contributed by atoms with Crippen LogP contribution in [0.15, 0.2) is 24.3 Å². The molecule has 1 aromatic carbocycles. The van der Waals surface area contributed by atoms with E-state index in [1.165, 1.54) is 0 Å². The Morgan fingerprint density at radius 3 is 2.53 bits per heavy atom. The first-order valence-electron chi connectivity index (χ1n) is 5.90. The number of nitrogens with two attached hydrogens (primary N) is 1. The number of aliphatic hydroxyl groups excluding tert-OH is 1. The Hall–Kier alpha value is -1.10. The standard InChI is InChI=1S/C13H22N2O2/c1-11(16)10-15(2)7-8-17-13-5-3-12(9-14)4-6-13/h3-6,11,16H,7-10,14H2,1-2H3. The van der Waals surface area contributed by atoms with E-state index in [2.05, 4.69) is 0 Å². The molecule has 1 aromatic rings. The highest BCUT2D eigenvalue weighted by atomic mass is 16.5. The van der Waals surface area contributed by atoms with Gasteiger partial charge >= 0.3 is 0 Å². The van der Waals surface area contributed by atoms with Crippen LogP contribution in [0.5, 0.6) is 5.75 Å². The lowest BCUT2D eigenvalue weighted by atomic mass is 10.2. The molecule has 0 aromatic heterocycles. The van der Waals surface area contributed by atoms with E-state index in [0.29, 0.717) is 19.7 Å². The van der Waals surface area contributed by atoms with E-state index in [4.69, 9.17) is 10.5 Å². The average Bonchev–Trinajstić information content (AvgIpc) is 2.29. The van der Waals surface area contributed by atoms with E-state index in [0.717, 1.165) is 17.9 Å². The first-order valence-corrected chi connectivity index (χ1v) is 5.90. The van der Waals surface area contributed by atoms with Crippen molar-refractivity contribution in [3.05, 3.63) is 29.8 Å². The van der Waals surface area contributed by atoms with Crippen molar-refractivity contribution in [3.8, 4) is 5.75 Å².